The third kappa shape index (κ3) is 3.75. The first-order valence-corrected chi connectivity index (χ1v) is 7.45. The predicted molar refractivity (Wildman–Crippen MR) is 87.9 cm³/mol. The van der Waals surface area contributed by atoms with Crippen molar-refractivity contribution < 1.29 is 18.7 Å². The van der Waals surface area contributed by atoms with Crippen LogP contribution < -0.4 is 20.7 Å². The van der Waals surface area contributed by atoms with Crippen molar-refractivity contribution in [2.24, 2.45) is 0 Å². The molecule has 3 amide bonds. The molecular weight excluding hydrogens is 337 g/mol. The van der Waals surface area contributed by atoms with Gasteiger partial charge in [-0.3, -0.25) is 4.79 Å². The summed E-state index contributed by atoms with van der Waals surface area (Å²) in [6.07, 6.45) is 0. The summed E-state index contributed by atoms with van der Waals surface area (Å²) in [6.45, 7) is -0.0760. The number of carbonyl (C=O) groups is 2. The second-order valence-electron chi connectivity index (χ2n) is 5.10. The van der Waals surface area contributed by atoms with Crippen molar-refractivity contribution >= 4 is 34.9 Å². The van der Waals surface area contributed by atoms with Gasteiger partial charge in [-0.25, -0.2) is 9.18 Å². The van der Waals surface area contributed by atoms with Crippen molar-refractivity contribution in [3.63, 3.8) is 0 Å². The van der Waals surface area contributed by atoms with E-state index in [9.17, 15) is 14.0 Å². The van der Waals surface area contributed by atoms with Crippen molar-refractivity contribution in [1.82, 2.24) is 5.32 Å². The van der Waals surface area contributed by atoms with Gasteiger partial charge in [0.2, 0.25) is 0 Å². The highest BCUT2D eigenvalue weighted by Crippen LogP contribution is 2.27. The van der Waals surface area contributed by atoms with Crippen LogP contribution in [-0.4, -0.2) is 24.6 Å². The topological polar surface area (TPSA) is 79.5 Å². The van der Waals surface area contributed by atoms with Crippen LogP contribution in [0, 0.1) is 5.82 Å². The smallest absolute Gasteiger partial charge is 0.320 e. The van der Waals surface area contributed by atoms with Gasteiger partial charge < -0.3 is 20.7 Å². The van der Waals surface area contributed by atoms with Gasteiger partial charge in [0.15, 0.2) is 0 Å². The van der Waals surface area contributed by atoms with E-state index in [4.69, 9.17) is 16.3 Å². The summed E-state index contributed by atoms with van der Waals surface area (Å²) in [5, 5.41) is 8.07. The lowest BCUT2D eigenvalue weighted by molar-refractivity contribution is -0.118. The monoisotopic (exact) mass is 349 g/mol. The fraction of sp³-hybridized carbons (Fsp3) is 0.125. The quantitative estimate of drug-likeness (QED) is 0.779. The number of nitrogens with one attached hydrogen (secondary N) is 3. The van der Waals surface area contributed by atoms with Crippen molar-refractivity contribution in [3.05, 3.63) is 53.3 Å². The molecule has 0 radical (unpaired) electrons. The lowest BCUT2D eigenvalue weighted by Crippen LogP contribution is -2.47. The molecule has 3 N–H and O–H groups in total. The fourth-order valence-electron chi connectivity index (χ4n) is 2.19. The summed E-state index contributed by atoms with van der Waals surface area (Å²) >= 11 is 5.84. The normalized spacial score (nSPS) is 16.2. The molecule has 0 unspecified atom stereocenters. The second kappa shape index (κ2) is 6.76. The molecule has 0 aliphatic carbocycles. The van der Waals surface area contributed by atoms with Gasteiger partial charge in [-0.05, 0) is 30.3 Å². The van der Waals surface area contributed by atoms with Crippen LogP contribution in [0.3, 0.4) is 0 Å². The Bertz CT molecular complexity index is 800. The molecule has 1 aliphatic heterocycles. The molecule has 0 spiro atoms. The number of anilines is 2. The predicted octanol–water partition coefficient (Wildman–Crippen LogP) is 3.00. The van der Waals surface area contributed by atoms with E-state index in [1.807, 2.05) is 0 Å². The van der Waals surface area contributed by atoms with Gasteiger partial charge in [-0.2, -0.15) is 0 Å². The van der Waals surface area contributed by atoms with E-state index in [0.717, 1.165) is 6.07 Å². The molecule has 1 atom stereocenters. The summed E-state index contributed by atoms with van der Waals surface area (Å²) in [6, 6.07) is 8.87. The van der Waals surface area contributed by atoms with E-state index >= 15 is 0 Å². The largest absolute Gasteiger partial charge is 0.489 e. The minimum absolute atomic E-state index is 0.0760. The first-order valence-electron chi connectivity index (χ1n) is 7.07. The van der Waals surface area contributed by atoms with Crippen molar-refractivity contribution in [1.29, 1.82) is 0 Å². The van der Waals surface area contributed by atoms with Crippen LogP contribution in [0.25, 0.3) is 0 Å². The third-order valence-corrected chi connectivity index (χ3v) is 3.54. The Morgan fingerprint density at radius 3 is 2.92 bits per heavy atom. The lowest BCUT2D eigenvalue weighted by Gasteiger charge is -2.15. The van der Waals surface area contributed by atoms with Crippen LogP contribution in [0.4, 0.5) is 20.6 Å². The zero-order valence-electron chi connectivity index (χ0n) is 12.3. The van der Waals surface area contributed by atoms with Gasteiger partial charge in [0.05, 0.1) is 5.69 Å². The van der Waals surface area contributed by atoms with E-state index in [1.54, 1.807) is 24.3 Å². The fourth-order valence-corrected chi connectivity index (χ4v) is 2.38. The highest BCUT2D eigenvalue weighted by Gasteiger charge is 2.26. The van der Waals surface area contributed by atoms with Crippen molar-refractivity contribution in [3.8, 4) is 5.75 Å². The zero-order valence-corrected chi connectivity index (χ0v) is 13.1. The summed E-state index contributed by atoms with van der Waals surface area (Å²) in [5.41, 5.74) is 0.708. The maximum absolute atomic E-state index is 13.2. The average Bonchev–Trinajstić information content (AvgIpc) is 2.66. The molecule has 6 nitrogen and oxygen atoms in total. The molecule has 0 aromatic heterocycles. The minimum atomic E-state index is -0.931. The molecule has 0 saturated heterocycles. The maximum atomic E-state index is 13.2. The van der Waals surface area contributed by atoms with Gasteiger partial charge in [0, 0.05) is 16.8 Å². The van der Waals surface area contributed by atoms with Crippen molar-refractivity contribution in [2.75, 3.05) is 17.2 Å². The van der Waals surface area contributed by atoms with Crippen LogP contribution in [0.2, 0.25) is 5.02 Å². The summed E-state index contributed by atoms with van der Waals surface area (Å²) in [5.74, 6) is -0.660. The molecule has 0 bridgehead atoms. The molecule has 3 rings (SSSR count). The van der Waals surface area contributed by atoms with Crippen LogP contribution in [0.1, 0.15) is 0 Å². The first-order chi connectivity index (χ1) is 11.5. The number of urea groups is 1. The number of carbonyl (C=O) groups excluding carboxylic acids is 2. The van der Waals surface area contributed by atoms with Gasteiger partial charge >= 0.3 is 6.03 Å². The van der Waals surface area contributed by atoms with Crippen LogP contribution in [-0.2, 0) is 4.79 Å². The van der Waals surface area contributed by atoms with E-state index in [-0.39, 0.29) is 12.3 Å². The molecule has 2 aromatic carbocycles. The third-order valence-electron chi connectivity index (χ3n) is 3.31. The minimum Gasteiger partial charge on any atom is -0.489 e. The molecule has 0 fully saturated rings. The Hall–Kier alpha value is -2.80. The lowest BCUT2D eigenvalue weighted by atomic mass is 10.2. The molecule has 0 saturated carbocycles. The Morgan fingerprint density at radius 2 is 2.12 bits per heavy atom. The van der Waals surface area contributed by atoms with Gasteiger partial charge in [0.25, 0.3) is 5.91 Å². The van der Waals surface area contributed by atoms with E-state index < -0.39 is 23.8 Å². The number of halogens is 2. The van der Waals surface area contributed by atoms with Crippen molar-refractivity contribution in [2.45, 2.75) is 6.04 Å². The number of rotatable bonds is 2. The molecule has 1 aliphatic rings. The first kappa shape index (κ1) is 16.1. The van der Waals surface area contributed by atoms with Gasteiger partial charge in [-0.15, -0.1) is 0 Å². The number of benzene rings is 2. The standard InChI is InChI=1S/C16H13ClFN3O3/c17-9-2-1-3-11(6-9)19-16(23)21-13-8-24-14-5-4-10(18)7-12(14)20-15(13)22/h1-7,13H,8H2,(H,20,22)(H2,19,21,23)/t13-/m1/s1. The van der Waals surface area contributed by atoms with Gasteiger partial charge in [-0.1, -0.05) is 17.7 Å². The van der Waals surface area contributed by atoms with E-state index in [0.29, 0.717) is 16.5 Å². The van der Waals surface area contributed by atoms with E-state index in [1.165, 1.54) is 12.1 Å². The zero-order chi connectivity index (χ0) is 17.1. The maximum Gasteiger partial charge on any atom is 0.320 e. The molecule has 1 heterocycles. The Kier molecular flexibility index (Phi) is 4.52. The number of fused-ring (bicyclic) bond motifs is 1. The molecule has 8 heteroatoms. The van der Waals surface area contributed by atoms with E-state index in [2.05, 4.69) is 16.0 Å². The van der Waals surface area contributed by atoms with Crippen LogP contribution >= 0.6 is 11.6 Å². The number of hydrogen-bond acceptors (Lipinski definition) is 3. The average molecular weight is 350 g/mol. The highest BCUT2D eigenvalue weighted by atomic mass is 35.5. The molecule has 2 aromatic rings. The van der Waals surface area contributed by atoms with Gasteiger partial charge in [0.1, 0.15) is 24.2 Å². The van der Waals surface area contributed by atoms with Crippen LogP contribution in [0.15, 0.2) is 42.5 Å². The Balaban J connectivity index is 1.65. The summed E-state index contributed by atoms with van der Waals surface area (Å²) in [4.78, 5) is 24.2. The summed E-state index contributed by atoms with van der Waals surface area (Å²) in [7, 11) is 0. The molecule has 124 valence electrons. The highest BCUT2D eigenvalue weighted by molar-refractivity contribution is 6.30. The Morgan fingerprint density at radius 1 is 1.29 bits per heavy atom. The molecule has 24 heavy (non-hydrogen) atoms. The number of ether oxygens (including phenoxy) is 1. The Labute approximate surface area is 141 Å². The number of hydrogen-bond donors (Lipinski definition) is 3. The second-order valence-corrected chi connectivity index (χ2v) is 5.54. The number of amides is 3. The molecular formula is C16H13ClFN3O3. The van der Waals surface area contributed by atoms with Crippen LogP contribution in [0.5, 0.6) is 5.75 Å². The summed E-state index contributed by atoms with van der Waals surface area (Å²) < 4.78 is 18.7. The SMILES string of the molecule is O=C(Nc1cccc(Cl)c1)N[C@@H]1COc2ccc(F)cc2NC1=O.